The van der Waals surface area contributed by atoms with E-state index in [0.29, 0.717) is 26.3 Å². The zero-order valence-electron chi connectivity index (χ0n) is 11.5. The van der Waals surface area contributed by atoms with Crippen molar-refractivity contribution in [3.8, 4) is 0 Å². The smallest absolute Gasteiger partial charge is 0.254 e. The first-order valence-corrected chi connectivity index (χ1v) is 8.01. The molecule has 1 amide bonds. The number of ether oxygens (including phenoxy) is 2. The molecule has 1 spiro atoms. The lowest BCUT2D eigenvalue weighted by atomic mass is 10.0. The van der Waals surface area contributed by atoms with Gasteiger partial charge in [-0.3, -0.25) is 4.79 Å². The van der Waals surface area contributed by atoms with E-state index in [1.54, 1.807) is 0 Å². The molecule has 0 aliphatic carbocycles. The van der Waals surface area contributed by atoms with Crippen LogP contribution >= 0.6 is 22.6 Å². The topological polar surface area (TPSA) is 38.8 Å². The Kier molecular flexibility index (Phi) is 4.01. The van der Waals surface area contributed by atoms with Gasteiger partial charge in [-0.25, -0.2) is 0 Å². The van der Waals surface area contributed by atoms with Gasteiger partial charge in [0.25, 0.3) is 5.91 Å². The Morgan fingerprint density at radius 3 is 2.55 bits per heavy atom. The zero-order chi connectivity index (χ0) is 14.2. The predicted molar refractivity (Wildman–Crippen MR) is 83.7 cm³/mol. The molecule has 108 valence electrons. The van der Waals surface area contributed by atoms with Crippen molar-refractivity contribution >= 4 is 28.5 Å². The summed E-state index contributed by atoms with van der Waals surface area (Å²) in [5.74, 6) is -0.303. The van der Waals surface area contributed by atoms with Crippen molar-refractivity contribution in [1.82, 2.24) is 4.90 Å². The summed E-state index contributed by atoms with van der Waals surface area (Å²) in [6, 6.07) is 5.88. The van der Waals surface area contributed by atoms with Crippen LogP contribution in [-0.4, -0.2) is 42.9 Å². The number of rotatable bonds is 1. The summed E-state index contributed by atoms with van der Waals surface area (Å²) >= 11 is 2.25. The highest BCUT2D eigenvalue weighted by molar-refractivity contribution is 14.1. The van der Waals surface area contributed by atoms with Crippen molar-refractivity contribution < 1.29 is 14.3 Å². The Bertz CT molecular complexity index is 516. The van der Waals surface area contributed by atoms with Gasteiger partial charge in [-0.2, -0.15) is 0 Å². The van der Waals surface area contributed by atoms with Gasteiger partial charge in [0.05, 0.1) is 18.8 Å². The third-order valence-electron chi connectivity index (χ3n) is 4.05. The number of carbonyl (C=O) groups excluding carboxylic acids is 1. The van der Waals surface area contributed by atoms with Crippen LogP contribution in [0.4, 0.5) is 0 Å². The lowest BCUT2D eigenvalue weighted by Crippen LogP contribution is -2.47. The maximum atomic E-state index is 12.6. The van der Waals surface area contributed by atoms with Crippen LogP contribution in [0.25, 0.3) is 0 Å². The van der Waals surface area contributed by atoms with E-state index in [1.165, 1.54) is 0 Å². The normalized spacial score (nSPS) is 21.4. The number of hydrogen-bond donors (Lipinski definition) is 0. The van der Waals surface area contributed by atoms with E-state index in [2.05, 4.69) is 22.6 Å². The lowest BCUT2D eigenvalue weighted by molar-refractivity contribution is -0.181. The van der Waals surface area contributed by atoms with E-state index in [1.807, 2.05) is 30.0 Å². The number of hydrogen-bond acceptors (Lipinski definition) is 3. The molecular weight excluding hydrogens is 369 g/mol. The minimum Gasteiger partial charge on any atom is -0.347 e. The molecule has 0 aromatic heterocycles. The molecule has 2 heterocycles. The van der Waals surface area contributed by atoms with Crippen LogP contribution < -0.4 is 0 Å². The van der Waals surface area contributed by atoms with Crippen LogP contribution in [0.15, 0.2) is 18.2 Å². The summed E-state index contributed by atoms with van der Waals surface area (Å²) in [5, 5.41) is 0. The van der Waals surface area contributed by atoms with Crippen LogP contribution in [0, 0.1) is 10.5 Å². The van der Waals surface area contributed by atoms with Gasteiger partial charge in [-0.1, -0.05) is 12.1 Å². The largest absolute Gasteiger partial charge is 0.347 e. The van der Waals surface area contributed by atoms with Gasteiger partial charge in [0.15, 0.2) is 5.79 Å². The predicted octanol–water partition coefficient (Wildman–Crippen LogP) is 2.58. The lowest BCUT2D eigenvalue weighted by Gasteiger charge is -2.37. The van der Waals surface area contributed by atoms with Crippen molar-refractivity contribution in [3.63, 3.8) is 0 Å². The van der Waals surface area contributed by atoms with Gasteiger partial charge in [0, 0.05) is 29.5 Å². The molecule has 2 aliphatic heterocycles. The van der Waals surface area contributed by atoms with Crippen molar-refractivity contribution in [3.05, 3.63) is 32.9 Å². The third-order valence-corrected chi connectivity index (χ3v) is 5.48. The van der Waals surface area contributed by atoms with Crippen LogP contribution in [0.3, 0.4) is 0 Å². The van der Waals surface area contributed by atoms with Gasteiger partial charge < -0.3 is 14.4 Å². The molecule has 4 nitrogen and oxygen atoms in total. The fourth-order valence-corrected chi connectivity index (χ4v) is 3.41. The minimum absolute atomic E-state index is 0.117. The molecule has 0 unspecified atom stereocenters. The standard InChI is InChI=1S/C15H18INO3/c1-11-3-2-4-12(13(11)16)14(18)17-7-5-15(6-8-17)19-9-10-20-15/h2-4H,5-10H2,1H3. The van der Waals surface area contributed by atoms with E-state index < -0.39 is 5.79 Å². The molecule has 3 rings (SSSR count). The minimum atomic E-state index is -0.420. The summed E-state index contributed by atoms with van der Waals surface area (Å²) < 4.78 is 12.4. The molecule has 0 N–H and O–H groups in total. The summed E-state index contributed by atoms with van der Waals surface area (Å²) in [4.78, 5) is 14.5. The Hall–Kier alpha value is -0.660. The Balaban J connectivity index is 1.71. The number of nitrogens with zero attached hydrogens (tertiary/aromatic N) is 1. The summed E-state index contributed by atoms with van der Waals surface area (Å²) in [6.07, 6.45) is 1.53. The molecule has 1 aromatic carbocycles. The first-order chi connectivity index (χ1) is 9.61. The average molecular weight is 387 g/mol. The van der Waals surface area contributed by atoms with Crippen molar-refractivity contribution in [1.29, 1.82) is 0 Å². The Morgan fingerprint density at radius 2 is 1.90 bits per heavy atom. The molecule has 0 radical (unpaired) electrons. The van der Waals surface area contributed by atoms with Gasteiger partial charge >= 0.3 is 0 Å². The van der Waals surface area contributed by atoms with Crippen LogP contribution in [0.2, 0.25) is 0 Å². The fourth-order valence-electron chi connectivity index (χ4n) is 2.82. The molecule has 2 aliphatic rings. The second kappa shape index (κ2) is 5.61. The fraction of sp³-hybridized carbons (Fsp3) is 0.533. The zero-order valence-corrected chi connectivity index (χ0v) is 13.7. The highest BCUT2D eigenvalue weighted by atomic mass is 127. The molecule has 20 heavy (non-hydrogen) atoms. The van der Waals surface area contributed by atoms with E-state index in [0.717, 1.165) is 27.5 Å². The number of benzene rings is 1. The molecule has 0 bridgehead atoms. The average Bonchev–Trinajstić information content (AvgIpc) is 2.90. The molecule has 2 fully saturated rings. The van der Waals surface area contributed by atoms with Crippen molar-refractivity contribution in [2.24, 2.45) is 0 Å². The highest BCUT2D eigenvalue weighted by Crippen LogP contribution is 2.32. The van der Waals surface area contributed by atoms with E-state index in [9.17, 15) is 4.79 Å². The number of amides is 1. The van der Waals surface area contributed by atoms with Gasteiger partial charge in [0.1, 0.15) is 0 Å². The summed E-state index contributed by atoms with van der Waals surface area (Å²) in [6.45, 7) is 4.77. The number of piperidine rings is 1. The van der Waals surface area contributed by atoms with Crippen LogP contribution in [0.1, 0.15) is 28.8 Å². The highest BCUT2D eigenvalue weighted by Gasteiger charge is 2.41. The quantitative estimate of drug-likeness (QED) is 0.696. The van der Waals surface area contributed by atoms with Crippen LogP contribution in [0.5, 0.6) is 0 Å². The first-order valence-electron chi connectivity index (χ1n) is 6.94. The van der Waals surface area contributed by atoms with Crippen LogP contribution in [-0.2, 0) is 9.47 Å². The molecular formula is C15H18INO3. The van der Waals surface area contributed by atoms with Crippen molar-refractivity contribution in [2.45, 2.75) is 25.6 Å². The second-order valence-electron chi connectivity index (χ2n) is 5.34. The monoisotopic (exact) mass is 387 g/mol. The third kappa shape index (κ3) is 2.58. The van der Waals surface area contributed by atoms with E-state index in [-0.39, 0.29) is 5.91 Å². The summed E-state index contributed by atoms with van der Waals surface area (Å²) in [7, 11) is 0. The maximum Gasteiger partial charge on any atom is 0.254 e. The number of carbonyl (C=O) groups is 1. The van der Waals surface area contributed by atoms with Gasteiger partial charge in [0.2, 0.25) is 0 Å². The molecule has 0 atom stereocenters. The Morgan fingerprint density at radius 1 is 1.25 bits per heavy atom. The van der Waals surface area contributed by atoms with E-state index in [4.69, 9.17) is 9.47 Å². The van der Waals surface area contributed by atoms with Gasteiger partial charge in [-0.15, -0.1) is 0 Å². The molecule has 2 saturated heterocycles. The maximum absolute atomic E-state index is 12.6. The van der Waals surface area contributed by atoms with E-state index >= 15 is 0 Å². The van der Waals surface area contributed by atoms with Crippen molar-refractivity contribution in [2.75, 3.05) is 26.3 Å². The molecule has 1 aromatic rings. The summed E-state index contributed by atoms with van der Waals surface area (Å²) in [5.41, 5.74) is 1.95. The second-order valence-corrected chi connectivity index (χ2v) is 6.42. The SMILES string of the molecule is Cc1cccc(C(=O)N2CCC3(CC2)OCCO3)c1I. The first kappa shape index (κ1) is 14.3. The molecule has 5 heteroatoms. The van der Waals surface area contributed by atoms with Gasteiger partial charge in [-0.05, 0) is 41.1 Å². The number of likely N-dealkylation sites (tertiary alicyclic amines) is 1. The number of aryl methyl sites for hydroxylation is 1. The number of halogens is 1. The molecule has 0 saturated carbocycles. The Labute approximate surface area is 132 Å².